The number of anilines is 1. The molecule has 0 aliphatic carbocycles. The summed E-state index contributed by atoms with van der Waals surface area (Å²) in [4.78, 5) is 9.61. The quantitative estimate of drug-likeness (QED) is 0.427. The van der Waals surface area contributed by atoms with Gasteiger partial charge in [-0.15, -0.1) is 0 Å². The van der Waals surface area contributed by atoms with Crippen molar-refractivity contribution in [2.45, 2.75) is 44.3 Å². The third-order valence-corrected chi connectivity index (χ3v) is 8.61. The number of hydrogen-bond acceptors (Lipinski definition) is 7. The molecule has 9 nitrogen and oxygen atoms in total. The minimum Gasteiger partial charge on any atom is -0.364 e. The third-order valence-electron chi connectivity index (χ3n) is 6.47. The number of aromatic amines is 1. The first-order chi connectivity index (χ1) is 17.4. The minimum absolute atomic E-state index is 0.0966. The molecule has 3 heterocycles. The number of H-pyrrole nitrogens is 1. The zero-order chi connectivity index (χ0) is 25.3. The molecule has 0 unspecified atom stereocenters. The first kappa shape index (κ1) is 23.8. The van der Waals surface area contributed by atoms with E-state index in [1.54, 1.807) is 32.3 Å². The summed E-state index contributed by atoms with van der Waals surface area (Å²) >= 11 is 0. The molecule has 1 atom stereocenters. The number of nitriles is 1. The second-order valence-corrected chi connectivity index (χ2v) is 10.8. The van der Waals surface area contributed by atoms with E-state index in [1.807, 2.05) is 42.6 Å². The summed E-state index contributed by atoms with van der Waals surface area (Å²) in [6.07, 6.45) is 3.97. The van der Waals surface area contributed by atoms with Gasteiger partial charge >= 0.3 is 0 Å². The van der Waals surface area contributed by atoms with Gasteiger partial charge in [0.2, 0.25) is 10.0 Å². The van der Waals surface area contributed by atoms with Crippen LogP contribution in [0.3, 0.4) is 0 Å². The van der Waals surface area contributed by atoms with E-state index in [-0.39, 0.29) is 17.2 Å². The van der Waals surface area contributed by atoms with Crippen LogP contribution in [-0.4, -0.2) is 40.4 Å². The van der Waals surface area contributed by atoms with Crippen molar-refractivity contribution in [3.05, 3.63) is 94.9 Å². The van der Waals surface area contributed by atoms with Crippen molar-refractivity contribution in [2.24, 2.45) is 0 Å². The predicted molar refractivity (Wildman–Crippen MR) is 133 cm³/mol. The highest BCUT2D eigenvalue weighted by atomic mass is 32.2. The molecule has 0 amide bonds. The molecule has 0 radical (unpaired) electrons. The number of nitrogens with one attached hydrogen (secondary N) is 1. The molecule has 1 aliphatic rings. The third kappa shape index (κ3) is 4.51. The summed E-state index contributed by atoms with van der Waals surface area (Å²) in [7, 11) is -3.97. The van der Waals surface area contributed by atoms with Crippen LogP contribution in [0.2, 0.25) is 0 Å². The highest BCUT2D eigenvalue weighted by Gasteiger charge is 2.39. The highest BCUT2D eigenvalue weighted by molar-refractivity contribution is 7.89. The average Bonchev–Trinajstić information content (AvgIpc) is 3.47. The molecule has 1 aliphatic heterocycles. The lowest BCUT2D eigenvalue weighted by molar-refractivity contribution is 0.317. The van der Waals surface area contributed by atoms with Crippen LogP contribution in [0.15, 0.2) is 70.5 Å². The molecule has 1 N–H and O–H groups in total. The Bertz CT molecular complexity index is 1490. The van der Waals surface area contributed by atoms with Gasteiger partial charge in [-0.05, 0) is 49.6 Å². The van der Waals surface area contributed by atoms with E-state index in [4.69, 9.17) is 4.52 Å². The molecule has 36 heavy (non-hydrogen) atoms. The molecular formula is C26H26N6O3S. The van der Waals surface area contributed by atoms with Crippen molar-refractivity contribution in [3.8, 4) is 6.07 Å². The monoisotopic (exact) mass is 502 g/mol. The largest absolute Gasteiger partial charge is 0.364 e. The van der Waals surface area contributed by atoms with E-state index in [0.29, 0.717) is 30.8 Å². The number of rotatable bonds is 6. The lowest BCUT2D eigenvalue weighted by Gasteiger charge is -2.32. The Hall–Kier alpha value is -3.94. The van der Waals surface area contributed by atoms with E-state index in [0.717, 1.165) is 22.5 Å². The summed E-state index contributed by atoms with van der Waals surface area (Å²) in [5.41, 5.74) is 4.32. The summed E-state index contributed by atoms with van der Waals surface area (Å²) in [6.45, 7) is 4.30. The van der Waals surface area contributed by atoms with Gasteiger partial charge in [0.1, 0.15) is 10.6 Å². The van der Waals surface area contributed by atoms with Crippen LogP contribution >= 0.6 is 0 Å². The first-order valence-electron chi connectivity index (χ1n) is 11.6. The molecule has 5 rings (SSSR count). The SMILES string of the molecule is Cc1noc(C)c1S(=O)(=O)N1Cc2cc(C#N)ccc2N(Cc2c[nH]cn2)C[C@H]1Cc1ccccc1. The number of benzene rings is 2. The number of hydrogen-bond donors (Lipinski definition) is 1. The van der Waals surface area contributed by atoms with Crippen molar-refractivity contribution in [2.75, 3.05) is 11.4 Å². The zero-order valence-corrected chi connectivity index (χ0v) is 20.9. The van der Waals surface area contributed by atoms with Crippen LogP contribution in [0, 0.1) is 25.2 Å². The van der Waals surface area contributed by atoms with Crippen molar-refractivity contribution >= 4 is 15.7 Å². The Balaban J connectivity index is 1.65. The standard InChI is InChI=1S/C26H26N6O3S/c1-18-26(19(2)35-30-18)36(33,34)32-14-22-10-21(12-27)8-9-25(22)31(15-23-13-28-17-29-23)16-24(32)11-20-6-4-3-5-7-20/h3-10,13,17,24H,11,14-16H2,1-2H3,(H,28,29)/t24-/m1/s1. The fraction of sp³-hybridized carbons (Fsp3) is 0.269. The Kier molecular flexibility index (Phi) is 6.35. The maximum absolute atomic E-state index is 14.2. The van der Waals surface area contributed by atoms with Gasteiger partial charge in [0.05, 0.1) is 30.2 Å². The molecule has 184 valence electrons. The number of aryl methyl sites for hydroxylation is 2. The predicted octanol–water partition coefficient (Wildman–Crippen LogP) is 3.71. The van der Waals surface area contributed by atoms with Crippen molar-refractivity contribution in [3.63, 3.8) is 0 Å². The van der Waals surface area contributed by atoms with Crippen LogP contribution < -0.4 is 4.90 Å². The lowest BCUT2D eigenvalue weighted by atomic mass is 10.1. The fourth-order valence-corrected chi connectivity index (χ4v) is 6.74. The van der Waals surface area contributed by atoms with Gasteiger partial charge in [0.25, 0.3) is 0 Å². The maximum Gasteiger partial charge on any atom is 0.249 e. The van der Waals surface area contributed by atoms with Crippen molar-refractivity contribution in [1.29, 1.82) is 5.26 Å². The smallest absolute Gasteiger partial charge is 0.249 e. The normalized spacial score (nSPS) is 16.4. The van der Waals surface area contributed by atoms with E-state index < -0.39 is 16.1 Å². The van der Waals surface area contributed by atoms with E-state index in [1.165, 1.54) is 4.31 Å². The Labute approximate surface area is 210 Å². The molecule has 0 saturated carbocycles. The highest BCUT2D eigenvalue weighted by Crippen LogP contribution is 2.35. The molecule has 2 aromatic heterocycles. The van der Waals surface area contributed by atoms with Gasteiger partial charge in [-0.2, -0.15) is 9.57 Å². The average molecular weight is 503 g/mol. The molecule has 10 heteroatoms. The van der Waals surface area contributed by atoms with Crippen LogP contribution in [0.1, 0.15) is 33.8 Å². The maximum atomic E-state index is 14.2. The topological polar surface area (TPSA) is 119 Å². The van der Waals surface area contributed by atoms with Crippen molar-refractivity contribution < 1.29 is 12.9 Å². The molecule has 4 aromatic rings. The Morgan fingerprint density at radius 3 is 2.67 bits per heavy atom. The molecule has 0 bridgehead atoms. The van der Waals surface area contributed by atoms with Crippen LogP contribution in [0.25, 0.3) is 0 Å². The van der Waals surface area contributed by atoms with Crippen LogP contribution in [0.4, 0.5) is 5.69 Å². The van der Waals surface area contributed by atoms with E-state index >= 15 is 0 Å². The molecule has 0 spiro atoms. The molecule has 0 saturated heterocycles. The second-order valence-electron chi connectivity index (χ2n) is 8.94. The molecule has 0 fully saturated rings. The van der Waals surface area contributed by atoms with E-state index in [2.05, 4.69) is 26.1 Å². The zero-order valence-electron chi connectivity index (χ0n) is 20.0. The van der Waals surface area contributed by atoms with Crippen LogP contribution in [0.5, 0.6) is 0 Å². The van der Waals surface area contributed by atoms with Gasteiger partial charge in [0.15, 0.2) is 5.76 Å². The van der Waals surface area contributed by atoms with Gasteiger partial charge in [-0.25, -0.2) is 13.4 Å². The summed E-state index contributed by atoms with van der Waals surface area (Å²) in [5.74, 6) is 0.259. The minimum atomic E-state index is -3.97. The number of sulfonamides is 1. The van der Waals surface area contributed by atoms with Gasteiger partial charge in [0, 0.05) is 31.0 Å². The Morgan fingerprint density at radius 2 is 2.00 bits per heavy atom. The van der Waals surface area contributed by atoms with E-state index in [9.17, 15) is 13.7 Å². The Morgan fingerprint density at radius 1 is 1.19 bits per heavy atom. The van der Waals surface area contributed by atoms with Gasteiger partial charge < -0.3 is 14.4 Å². The summed E-state index contributed by atoms with van der Waals surface area (Å²) in [6, 6.07) is 17.1. The number of aromatic nitrogens is 3. The number of fused-ring (bicyclic) bond motifs is 1. The number of nitrogens with zero attached hydrogens (tertiary/aromatic N) is 5. The molecule has 2 aromatic carbocycles. The molecular weight excluding hydrogens is 476 g/mol. The summed E-state index contributed by atoms with van der Waals surface area (Å²) < 4.78 is 35.1. The van der Waals surface area contributed by atoms with Gasteiger partial charge in [-0.3, -0.25) is 0 Å². The fourth-order valence-electron chi connectivity index (χ4n) is 4.85. The summed E-state index contributed by atoms with van der Waals surface area (Å²) in [5, 5.41) is 13.4. The first-order valence-corrected chi connectivity index (χ1v) is 13.0. The van der Waals surface area contributed by atoms with Crippen molar-refractivity contribution in [1.82, 2.24) is 19.4 Å². The van der Waals surface area contributed by atoms with Crippen LogP contribution in [-0.2, 0) is 29.5 Å². The van der Waals surface area contributed by atoms with Gasteiger partial charge in [-0.1, -0.05) is 35.5 Å². The number of imidazole rings is 1. The second kappa shape index (κ2) is 9.60. The lowest BCUT2D eigenvalue weighted by Crippen LogP contribution is -2.45.